The van der Waals surface area contributed by atoms with Crippen LogP contribution in [0.4, 0.5) is 5.13 Å². The zero-order valence-corrected chi connectivity index (χ0v) is 13.6. The summed E-state index contributed by atoms with van der Waals surface area (Å²) >= 11 is 1.25. The second kappa shape index (κ2) is 6.04. The molecule has 0 unspecified atom stereocenters. The smallest absolute Gasteiger partial charge is 0.329 e. The first-order valence-electron chi connectivity index (χ1n) is 7.01. The third-order valence-corrected chi connectivity index (χ3v) is 4.58. The number of amides is 2. The van der Waals surface area contributed by atoms with Crippen molar-refractivity contribution >= 4 is 34.3 Å². The molecule has 0 saturated heterocycles. The molecule has 2 amide bonds. The van der Waals surface area contributed by atoms with Crippen molar-refractivity contribution in [1.29, 1.82) is 0 Å². The number of carbonyl (C=O) groups is 3. The van der Waals surface area contributed by atoms with E-state index in [1.54, 1.807) is 19.2 Å². The molecular formula is C14H19N3O4S. The second-order valence-corrected chi connectivity index (χ2v) is 6.61. The van der Waals surface area contributed by atoms with Gasteiger partial charge in [-0.05, 0) is 12.8 Å². The Bertz CT molecular complexity index is 607. The average Bonchev–Trinajstić information content (AvgIpc) is 3.15. The molecule has 7 nitrogen and oxygen atoms in total. The highest BCUT2D eigenvalue weighted by molar-refractivity contribution is 7.13. The van der Waals surface area contributed by atoms with Gasteiger partial charge in [-0.25, -0.2) is 9.78 Å². The molecule has 0 bridgehead atoms. The highest BCUT2D eigenvalue weighted by atomic mass is 32.1. The van der Waals surface area contributed by atoms with E-state index in [-0.39, 0.29) is 24.2 Å². The number of hydrogen-bond donors (Lipinski definition) is 2. The molecule has 1 aliphatic carbocycles. The zero-order valence-electron chi connectivity index (χ0n) is 12.8. The van der Waals surface area contributed by atoms with E-state index in [1.807, 2.05) is 0 Å². The Labute approximate surface area is 132 Å². The predicted molar refractivity (Wildman–Crippen MR) is 81.7 cm³/mol. The molecule has 0 atom stereocenters. The summed E-state index contributed by atoms with van der Waals surface area (Å²) in [7, 11) is 1.51. The van der Waals surface area contributed by atoms with Gasteiger partial charge in [0, 0.05) is 18.3 Å². The van der Waals surface area contributed by atoms with Crippen LogP contribution < -0.4 is 5.32 Å². The van der Waals surface area contributed by atoms with Crippen molar-refractivity contribution in [3.8, 4) is 0 Å². The molecule has 0 aromatic carbocycles. The summed E-state index contributed by atoms with van der Waals surface area (Å²) in [5.74, 6) is -1.53. The fraction of sp³-hybridized carbons (Fsp3) is 0.571. The van der Waals surface area contributed by atoms with E-state index in [2.05, 4.69) is 10.3 Å². The molecular weight excluding hydrogens is 306 g/mol. The standard InChI is InChI=1S/C14H19N3O4S/c1-8(2)11(19)16-13-15-9(7-22-13)6-10(18)17(3)14(4-5-14)12(20)21/h7-8H,4-6H2,1-3H3,(H,20,21)(H,15,16,19). The lowest BCUT2D eigenvalue weighted by molar-refractivity contribution is -0.150. The largest absolute Gasteiger partial charge is 0.479 e. The van der Waals surface area contributed by atoms with Gasteiger partial charge in [-0.1, -0.05) is 13.8 Å². The lowest BCUT2D eigenvalue weighted by Crippen LogP contribution is -2.45. The summed E-state index contributed by atoms with van der Waals surface area (Å²) in [4.78, 5) is 40.5. The van der Waals surface area contributed by atoms with Crippen LogP contribution in [0.3, 0.4) is 0 Å². The maximum atomic E-state index is 12.2. The van der Waals surface area contributed by atoms with Crippen LogP contribution in [0, 0.1) is 5.92 Å². The number of carboxylic acids is 1. The molecule has 8 heteroatoms. The van der Waals surface area contributed by atoms with Crippen molar-refractivity contribution in [1.82, 2.24) is 9.88 Å². The number of carbonyl (C=O) groups excluding carboxylic acids is 2. The van der Waals surface area contributed by atoms with Crippen LogP contribution in [0.2, 0.25) is 0 Å². The summed E-state index contributed by atoms with van der Waals surface area (Å²) < 4.78 is 0. The van der Waals surface area contributed by atoms with Gasteiger partial charge in [-0.2, -0.15) is 0 Å². The Morgan fingerprint density at radius 3 is 2.59 bits per heavy atom. The Balaban J connectivity index is 1.97. The van der Waals surface area contributed by atoms with Crippen molar-refractivity contribution in [3.05, 3.63) is 11.1 Å². The van der Waals surface area contributed by atoms with Gasteiger partial charge in [-0.3, -0.25) is 9.59 Å². The second-order valence-electron chi connectivity index (χ2n) is 5.75. The monoisotopic (exact) mass is 325 g/mol. The molecule has 2 rings (SSSR count). The third-order valence-electron chi connectivity index (χ3n) is 3.78. The first-order valence-corrected chi connectivity index (χ1v) is 7.89. The van der Waals surface area contributed by atoms with Gasteiger partial charge in [0.1, 0.15) is 5.54 Å². The summed E-state index contributed by atoms with van der Waals surface area (Å²) in [6, 6.07) is 0. The molecule has 1 saturated carbocycles. The number of rotatable bonds is 6. The molecule has 2 N–H and O–H groups in total. The first-order chi connectivity index (χ1) is 10.3. The molecule has 0 radical (unpaired) electrons. The first kappa shape index (κ1) is 16.4. The van der Waals surface area contributed by atoms with Crippen molar-refractivity contribution in [3.63, 3.8) is 0 Å². The van der Waals surface area contributed by atoms with Crippen LogP contribution in [-0.2, 0) is 20.8 Å². The van der Waals surface area contributed by atoms with Crippen LogP contribution in [0.25, 0.3) is 0 Å². The van der Waals surface area contributed by atoms with Gasteiger partial charge < -0.3 is 15.3 Å². The summed E-state index contributed by atoms with van der Waals surface area (Å²) in [5.41, 5.74) is -0.510. The van der Waals surface area contributed by atoms with E-state index in [0.717, 1.165) is 0 Å². The van der Waals surface area contributed by atoms with Gasteiger partial charge in [0.15, 0.2) is 5.13 Å². The molecule has 1 heterocycles. The van der Waals surface area contributed by atoms with Crippen LogP contribution >= 0.6 is 11.3 Å². The summed E-state index contributed by atoms with van der Waals surface area (Å²) in [5, 5.41) is 14.0. The minimum Gasteiger partial charge on any atom is -0.479 e. The Kier molecular flexibility index (Phi) is 4.50. The molecule has 1 aliphatic rings. The van der Waals surface area contributed by atoms with Crippen LogP contribution in [0.5, 0.6) is 0 Å². The third kappa shape index (κ3) is 3.27. The number of nitrogens with zero attached hydrogens (tertiary/aromatic N) is 2. The lowest BCUT2D eigenvalue weighted by atomic mass is 10.2. The van der Waals surface area contributed by atoms with E-state index >= 15 is 0 Å². The molecule has 0 aliphatic heterocycles. The number of nitrogens with one attached hydrogen (secondary N) is 1. The minimum atomic E-state index is -1.04. The van der Waals surface area contributed by atoms with Crippen molar-refractivity contribution in [2.75, 3.05) is 12.4 Å². The van der Waals surface area contributed by atoms with Crippen molar-refractivity contribution in [2.45, 2.75) is 38.6 Å². The highest BCUT2D eigenvalue weighted by Crippen LogP contribution is 2.41. The number of aliphatic carboxylic acids is 1. The van der Waals surface area contributed by atoms with E-state index in [9.17, 15) is 19.5 Å². The van der Waals surface area contributed by atoms with Gasteiger partial charge >= 0.3 is 5.97 Å². The Morgan fingerprint density at radius 1 is 1.45 bits per heavy atom. The average molecular weight is 325 g/mol. The van der Waals surface area contributed by atoms with Crippen LogP contribution in [0.15, 0.2) is 5.38 Å². The molecule has 0 spiro atoms. The fourth-order valence-corrected chi connectivity index (χ4v) is 2.73. The van der Waals surface area contributed by atoms with Gasteiger partial charge in [-0.15, -0.1) is 11.3 Å². The van der Waals surface area contributed by atoms with E-state index in [4.69, 9.17) is 0 Å². The number of hydrogen-bond acceptors (Lipinski definition) is 5. The zero-order chi connectivity index (χ0) is 16.5. The maximum Gasteiger partial charge on any atom is 0.329 e. The fourth-order valence-electron chi connectivity index (χ4n) is 2.02. The van der Waals surface area contributed by atoms with Crippen molar-refractivity contribution < 1.29 is 19.5 Å². The number of carboxylic acid groups (broad SMARTS) is 1. The Morgan fingerprint density at radius 2 is 2.09 bits per heavy atom. The molecule has 1 fully saturated rings. The van der Waals surface area contributed by atoms with Gasteiger partial charge in [0.25, 0.3) is 0 Å². The van der Waals surface area contributed by atoms with Crippen molar-refractivity contribution in [2.24, 2.45) is 5.92 Å². The van der Waals surface area contributed by atoms with Crippen LogP contribution in [0.1, 0.15) is 32.4 Å². The topological polar surface area (TPSA) is 99.6 Å². The minimum absolute atomic E-state index is 0.0274. The number of anilines is 1. The highest BCUT2D eigenvalue weighted by Gasteiger charge is 2.55. The predicted octanol–water partition coefficient (Wildman–Crippen LogP) is 1.36. The number of aromatic nitrogens is 1. The van der Waals surface area contributed by atoms with E-state index in [1.165, 1.54) is 23.3 Å². The molecule has 1 aromatic rings. The Hall–Kier alpha value is -1.96. The van der Waals surface area contributed by atoms with Crippen LogP contribution in [-0.4, -0.2) is 45.4 Å². The molecule has 120 valence electrons. The van der Waals surface area contributed by atoms with Gasteiger partial charge in [0.05, 0.1) is 12.1 Å². The summed E-state index contributed by atoms with van der Waals surface area (Å²) in [6.45, 7) is 3.56. The normalized spacial score (nSPS) is 15.5. The molecule has 1 aromatic heterocycles. The quantitative estimate of drug-likeness (QED) is 0.822. The molecule has 22 heavy (non-hydrogen) atoms. The lowest BCUT2D eigenvalue weighted by Gasteiger charge is -2.24. The van der Waals surface area contributed by atoms with E-state index in [0.29, 0.717) is 23.7 Å². The SMILES string of the molecule is CC(C)C(=O)Nc1nc(CC(=O)N(C)C2(C(=O)O)CC2)cs1. The number of thiazole rings is 1. The van der Waals surface area contributed by atoms with Gasteiger partial charge in [0.2, 0.25) is 11.8 Å². The maximum absolute atomic E-state index is 12.2. The van der Waals surface area contributed by atoms with E-state index < -0.39 is 11.5 Å². The number of likely N-dealkylation sites (N-methyl/N-ethyl adjacent to an activating group) is 1. The summed E-state index contributed by atoms with van der Waals surface area (Å²) in [6.07, 6.45) is 0.994.